The monoisotopic (exact) mass is 230 g/mol. The second-order valence-corrected chi connectivity index (χ2v) is 3.56. The van der Waals surface area contributed by atoms with Gasteiger partial charge in [-0.25, -0.2) is 15.0 Å². The maximum absolute atomic E-state index is 5.10. The molecule has 5 heteroatoms. The van der Waals surface area contributed by atoms with Crippen LogP contribution in [0, 0.1) is 6.92 Å². The van der Waals surface area contributed by atoms with Gasteiger partial charge in [-0.15, -0.1) is 0 Å². The van der Waals surface area contributed by atoms with E-state index in [0.717, 1.165) is 16.8 Å². The van der Waals surface area contributed by atoms with Crippen molar-refractivity contribution in [1.29, 1.82) is 0 Å². The summed E-state index contributed by atoms with van der Waals surface area (Å²) in [6, 6.07) is 3.76. The van der Waals surface area contributed by atoms with Crippen LogP contribution >= 0.6 is 0 Å². The van der Waals surface area contributed by atoms with E-state index in [0.29, 0.717) is 11.8 Å². The van der Waals surface area contributed by atoms with Crippen LogP contribution in [0.1, 0.15) is 5.56 Å². The first kappa shape index (κ1) is 11.3. The van der Waals surface area contributed by atoms with Crippen molar-refractivity contribution >= 4 is 5.95 Å². The van der Waals surface area contributed by atoms with E-state index in [1.165, 1.54) is 0 Å². The van der Waals surface area contributed by atoms with Gasteiger partial charge in [0, 0.05) is 31.1 Å². The summed E-state index contributed by atoms with van der Waals surface area (Å²) < 4.78 is 5.10. The average Bonchev–Trinajstić information content (AvgIpc) is 2.39. The molecule has 2 aromatic rings. The lowest BCUT2D eigenvalue weighted by atomic mass is 10.1. The average molecular weight is 230 g/mol. The van der Waals surface area contributed by atoms with E-state index < -0.39 is 0 Å². The Bertz CT molecular complexity index is 528. The summed E-state index contributed by atoms with van der Waals surface area (Å²) in [6.45, 7) is 1.97. The Balaban J connectivity index is 2.50. The zero-order chi connectivity index (χ0) is 12.3. The summed E-state index contributed by atoms with van der Waals surface area (Å²) in [5.41, 5.74) is 2.86. The largest absolute Gasteiger partial charge is 0.481 e. The highest BCUT2D eigenvalue weighted by Crippen LogP contribution is 2.23. The first-order chi connectivity index (χ1) is 8.24. The molecule has 88 valence electrons. The van der Waals surface area contributed by atoms with Crippen molar-refractivity contribution in [1.82, 2.24) is 15.0 Å². The van der Waals surface area contributed by atoms with Gasteiger partial charge in [-0.2, -0.15) is 0 Å². The number of aromatic nitrogens is 3. The highest BCUT2D eigenvalue weighted by atomic mass is 16.5. The van der Waals surface area contributed by atoms with E-state index in [1.807, 2.05) is 19.1 Å². The molecule has 0 fully saturated rings. The van der Waals surface area contributed by atoms with Crippen molar-refractivity contribution in [3.05, 3.63) is 30.1 Å². The van der Waals surface area contributed by atoms with Crippen LogP contribution in [0.2, 0.25) is 0 Å². The van der Waals surface area contributed by atoms with Gasteiger partial charge in [-0.1, -0.05) is 0 Å². The standard InChI is InChI=1S/C12H14N4O/c1-8-7-15-12(13-2)16-11(8)9-4-5-14-10(6-9)17-3/h4-7H,1-3H3,(H,13,15,16). The minimum Gasteiger partial charge on any atom is -0.481 e. The molecule has 0 aliphatic heterocycles. The van der Waals surface area contributed by atoms with Crippen molar-refractivity contribution in [3.63, 3.8) is 0 Å². The topological polar surface area (TPSA) is 59.9 Å². The number of aryl methyl sites for hydroxylation is 1. The summed E-state index contributed by atoms with van der Waals surface area (Å²) in [4.78, 5) is 12.7. The molecule has 0 radical (unpaired) electrons. The van der Waals surface area contributed by atoms with Crippen LogP contribution in [0.3, 0.4) is 0 Å². The van der Waals surface area contributed by atoms with Crippen LogP contribution in [-0.4, -0.2) is 29.1 Å². The van der Waals surface area contributed by atoms with E-state index >= 15 is 0 Å². The molecule has 0 aromatic carbocycles. The molecule has 0 amide bonds. The Hall–Kier alpha value is -2.17. The van der Waals surface area contributed by atoms with Crippen LogP contribution in [0.5, 0.6) is 5.88 Å². The SMILES string of the molecule is CNc1ncc(C)c(-c2ccnc(OC)c2)n1. The van der Waals surface area contributed by atoms with Crippen LogP contribution in [0.4, 0.5) is 5.95 Å². The minimum absolute atomic E-state index is 0.575. The molecular weight excluding hydrogens is 216 g/mol. The summed E-state index contributed by atoms with van der Waals surface area (Å²) in [5.74, 6) is 1.17. The van der Waals surface area contributed by atoms with Crippen molar-refractivity contribution < 1.29 is 4.74 Å². The number of ether oxygens (including phenoxy) is 1. The van der Waals surface area contributed by atoms with Gasteiger partial charge in [0.2, 0.25) is 11.8 Å². The third-order valence-electron chi connectivity index (χ3n) is 2.41. The number of methoxy groups -OCH3 is 1. The van der Waals surface area contributed by atoms with Gasteiger partial charge in [0.25, 0.3) is 0 Å². The Morgan fingerprint density at radius 1 is 1.29 bits per heavy atom. The molecular formula is C12H14N4O. The second-order valence-electron chi connectivity index (χ2n) is 3.56. The number of nitrogens with one attached hydrogen (secondary N) is 1. The van der Waals surface area contributed by atoms with Crippen LogP contribution < -0.4 is 10.1 Å². The molecule has 0 spiro atoms. The molecule has 2 heterocycles. The minimum atomic E-state index is 0.575. The lowest BCUT2D eigenvalue weighted by Crippen LogP contribution is -1.99. The van der Waals surface area contributed by atoms with E-state index in [9.17, 15) is 0 Å². The van der Waals surface area contributed by atoms with Gasteiger partial charge < -0.3 is 10.1 Å². The second kappa shape index (κ2) is 4.78. The number of hydrogen-bond acceptors (Lipinski definition) is 5. The molecule has 0 saturated carbocycles. The Morgan fingerprint density at radius 3 is 2.82 bits per heavy atom. The van der Waals surface area contributed by atoms with E-state index in [2.05, 4.69) is 20.3 Å². The molecule has 1 N–H and O–H groups in total. The van der Waals surface area contributed by atoms with Crippen molar-refractivity contribution in [2.45, 2.75) is 6.92 Å². The summed E-state index contributed by atoms with van der Waals surface area (Å²) >= 11 is 0. The fourth-order valence-corrected chi connectivity index (χ4v) is 1.52. The fourth-order valence-electron chi connectivity index (χ4n) is 1.52. The van der Waals surface area contributed by atoms with Crippen molar-refractivity contribution in [3.8, 4) is 17.1 Å². The van der Waals surface area contributed by atoms with Gasteiger partial charge in [-0.3, -0.25) is 0 Å². The molecule has 2 rings (SSSR count). The smallest absolute Gasteiger partial charge is 0.222 e. The molecule has 0 saturated heterocycles. The van der Waals surface area contributed by atoms with Gasteiger partial charge in [0.1, 0.15) is 0 Å². The van der Waals surface area contributed by atoms with Crippen molar-refractivity contribution in [2.24, 2.45) is 0 Å². The molecule has 0 unspecified atom stereocenters. The molecule has 0 aliphatic rings. The van der Waals surface area contributed by atoms with Gasteiger partial charge in [-0.05, 0) is 18.6 Å². The van der Waals surface area contributed by atoms with Crippen LogP contribution in [0.15, 0.2) is 24.5 Å². The third-order valence-corrected chi connectivity index (χ3v) is 2.41. The highest BCUT2D eigenvalue weighted by Gasteiger charge is 2.07. The quantitative estimate of drug-likeness (QED) is 0.872. The highest BCUT2D eigenvalue weighted by molar-refractivity contribution is 5.64. The number of anilines is 1. The zero-order valence-electron chi connectivity index (χ0n) is 10.1. The van der Waals surface area contributed by atoms with E-state index in [4.69, 9.17) is 4.74 Å². The molecule has 0 atom stereocenters. The van der Waals surface area contributed by atoms with E-state index in [1.54, 1.807) is 26.6 Å². The normalized spacial score (nSPS) is 10.1. The van der Waals surface area contributed by atoms with Crippen LogP contribution in [-0.2, 0) is 0 Å². The number of rotatable bonds is 3. The van der Waals surface area contributed by atoms with Crippen LogP contribution in [0.25, 0.3) is 11.3 Å². The van der Waals surface area contributed by atoms with E-state index in [-0.39, 0.29) is 0 Å². The number of pyridine rings is 1. The van der Waals surface area contributed by atoms with Gasteiger partial charge in [0.15, 0.2) is 0 Å². The predicted molar refractivity (Wildman–Crippen MR) is 66.1 cm³/mol. The van der Waals surface area contributed by atoms with Crippen molar-refractivity contribution in [2.75, 3.05) is 19.5 Å². The summed E-state index contributed by atoms with van der Waals surface area (Å²) in [7, 11) is 3.39. The Morgan fingerprint density at radius 2 is 2.12 bits per heavy atom. The zero-order valence-corrected chi connectivity index (χ0v) is 10.1. The summed E-state index contributed by atoms with van der Waals surface area (Å²) in [6.07, 6.45) is 3.50. The maximum atomic E-state index is 5.10. The Labute approximate surface area is 99.9 Å². The number of nitrogens with zero attached hydrogens (tertiary/aromatic N) is 3. The lowest BCUT2D eigenvalue weighted by molar-refractivity contribution is 0.398. The first-order valence-corrected chi connectivity index (χ1v) is 5.26. The van der Waals surface area contributed by atoms with Gasteiger partial charge in [0.05, 0.1) is 12.8 Å². The Kier molecular flexibility index (Phi) is 3.18. The molecule has 0 aliphatic carbocycles. The maximum Gasteiger partial charge on any atom is 0.222 e. The molecule has 5 nitrogen and oxygen atoms in total. The molecule has 0 bridgehead atoms. The lowest BCUT2D eigenvalue weighted by Gasteiger charge is -2.07. The first-order valence-electron chi connectivity index (χ1n) is 5.26. The summed E-state index contributed by atoms with van der Waals surface area (Å²) in [5, 5.41) is 2.92. The fraction of sp³-hybridized carbons (Fsp3) is 0.250. The van der Waals surface area contributed by atoms with Gasteiger partial charge >= 0.3 is 0 Å². The number of hydrogen-bond donors (Lipinski definition) is 1. The predicted octanol–water partition coefficient (Wildman–Crippen LogP) is 1.90. The molecule has 2 aromatic heterocycles. The molecule has 17 heavy (non-hydrogen) atoms. The third kappa shape index (κ3) is 2.33.